The lowest BCUT2D eigenvalue weighted by Gasteiger charge is -2.11. The van der Waals surface area contributed by atoms with Crippen LogP contribution in [0.25, 0.3) is 101 Å². The summed E-state index contributed by atoms with van der Waals surface area (Å²) >= 11 is 0. The summed E-state index contributed by atoms with van der Waals surface area (Å²) < 4.78 is 9.04. The Kier molecular flexibility index (Phi) is 6.47. The van der Waals surface area contributed by atoms with E-state index >= 15 is 0 Å². The zero-order valence-corrected chi connectivity index (χ0v) is 29.9. The zero-order chi connectivity index (χ0) is 36.7. The van der Waals surface area contributed by atoms with Gasteiger partial charge in [-0.3, -0.25) is 18.1 Å². The summed E-state index contributed by atoms with van der Waals surface area (Å²) in [4.78, 5) is 20.7. The summed E-state index contributed by atoms with van der Waals surface area (Å²) in [5.41, 5.74) is 11.3. The maximum absolute atomic E-state index is 5.47. The molecule has 5 heterocycles. The molecule has 0 unspecified atom stereocenters. The van der Waals surface area contributed by atoms with Crippen LogP contribution in [0, 0.1) is 0 Å². The minimum atomic E-state index is 0.565. The first kappa shape index (κ1) is 30.6. The molecule has 5 aromatic heterocycles. The van der Waals surface area contributed by atoms with Crippen molar-refractivity contribution in [2.75, 3.05) is 0 Å². The van der Waals surface area contributed by atoms with Crippen LogP contribution in [-0.4, -0.2) is 38.0 Å². The molecule has 12 aromatic rings. The molecule has 0 bridgehead atoms. The van der Waals surface area contributed by atoms with Crippen LogP contribution in [0.4, 0.5) is 0 Å². The van der Waals surface area contributed by atoms with Gasteiger partial charge in [-0.15, -0.1) is 0 Å². The van der Waals surface area contributed by atoms with Crippen LogP contribution in [0.15, 0.2) is 182 Å². The van der Waals surface area contributed by atoms with Crippen LogP contribution in [0.3, 0.4) is 0 Å². The van der Waals surface area contributed by atoms with Gasteiger partial charge in [0.2, 0.25) is 11.7 Å². The molecule has 56 heavy (non-hydrogen) atoms. The number of fused-ring (bicyclic) bond motifs is 10. The molecule has 0 N–H and O–H groups in total. The van der Waals surface area contributed by atoms with Crippen molar-refractivity contribution in [3.63, 3.8) is 0 Å². The van der Waals surface area contributed by atoms with Crippen molar-refractivity contribution in [2.24, 2.45) is 0 Å². The zero-order valence-electron chi connectivity index (χ0n) is 29.9. The van der Waals surface area contributed by atoms with Gasteiger partial charge in [0.05, 0.1) is 27.6 Å². The fourth-order valence-electron chi connectivity index (χ4n) is 8.41. The molecule has 0 saturated heterocycles. The molecule has 12 rings (SSSR count). The minimum Gasteiger partial charge on any atom is -0.292 e. The SMILES string of the molecule is c1ccc(-c2nc(-c3ccccc3)nc(-n3c4ccccc4c4cc(-n5c6ccccc6c6c5nc5n(-c7ccccc7)c7ccccc7n65)ccc43)n2)cc1. The molecule has 0 aliphatic rings. The maximum Gasteiger partial charge on any atom is 0.238 e. The minimum absolute atomic E-state index is 0.565. The van der Waals surface area contributed by atoms with Crippen molar-refractivity contribution in [3.8, 4) is 40.1 Å². The second-order valence-electron chi connectivity index (χ2n) is 14.0. The number of hydrogen-bond donors (Lipinski definition) is 0. The van der Waals surface area contributed by atoms with Gasteiger partial charge in [0.15, 0.2) is 17.3 Å². The number of para-hydroxylation sites is 5. The summed E-state index contributed by atoms with van der Waals surface area (Å²) in [6.45, 7) is 0. The molecule has 0 aliphatic heterocycles. The third-order valence-electron chi connectivity index (χ3n) is 10.8. The third kappa shape index (κ3) is 4.41. The van der Waals surface area contributed by atoms with E-state index in [1.54, 1.807) is 0 Å². The lowest BCUT2D eigenvalue weighted by molar-refractivity contribution is 0.953. The van der Waals surface area contributed by atoms with Gasteiger partial charge in [-0.05, 0) is 54.6 Å². The van der Waals surface area contributed by atoms with Gasteiger partial charge in [0.25, 0.3) is 0 Å². The molecule has 8 heteroatoms. The van der Waals surface area contributed by atoms with Crippen LogP contribution < -0.4 is 0 Å². The molecular formula is C48H30N8. The molecule has 0 radical (unpaired) electrons. The Labute approximate surface area is 319 Å². The van der Waals surface area contributed by atoms with Gasteiger partial charge in [0.1, 0.15) is 5.52 Å². The average molecular weight is 719 g/mol. The highest BCUT2D eigenvalue weighted by Gasteiger charge is 2.24. The van der Waals surface area contributed by atoms with Gasteiger partial charge in [0, 0.05) is 38.7 Å². The first-order chi connectivity index (χ1) is 27.8. The van der Waals surface area contributed by atoms with E-state index in [-0.39, 0.29) is 0 Å². The first-order valence-corrected chi connectivity index (χ1v) is 18.7. The van der Waals surface area contributed by atoms with Crippen molar-refractivity contribution in [1.82, 2.24) is 38.0 Å². The van der Waals surface area contributed by atoms with Crippen molar-refractivity contribution in [3.05, 3.63) is 182 Å². The van der Waals surface area contributed by atoms with Crippen molar-refractivity contribution >= 4 is 60.7 Å². The molecule has 0 saturated carbocycles. The topological polar surface area (TPSA) is 70.8 Å². The molecule has 0 fully saturated rings. The van der Waals surface area contributed by atoms with E-state index in [0.29, 0.717) is 17.6 Å². The summed E-state index contributed by atoms with van der Waals surface area (Å²) in [6.07, 6.45) is 0. The molecule has 7 aromatic carbocycles. The molecule has 0 aliphatic carbocycles. The van der Waals surface area contributed by atoms with Crippen molar-refractivity contribution in [2.45, 2.75) is 0 Å². The molecule has 0 spiro atoms. The summed E-state index contributed by atoms with van der Waals surface area (Å²) in [7, 11) is 0. The fourth-order valence-corrected chi connectivity index (χ4v) is 8.41. The van der Waals surface area contributed by atoms with Gasteiger partial charge in [-0.1, -0.05) is 127 Å². The molecule has 8 nitrogen and oxygen atoms in total. The lowest BCUT2D eigenvalue weighted by atomic mass is 10.1. The Morgan fingerprint density at radius 1 is 0.339 bits per heavy atom. The van der Waals surface area contributed by atoms with Crippen LogP contribution >= 0.6 is 0 Å². The maximum atomic E-state index is 5.47. The average Bonchev–Trinajstić information content (AvgIpc) is 3.99. The monoisotopic (exact) mass is 718 g/mol. The van der Waals surface area contributed by atoms with Gasteiger partial charge in [-0.2, -0.15) is 15.0 Å². The third-order valence-corrected chi connectivity index (χ3v) is 10.8. The van der Waals surface area contributed by atoms with Crippen LogP contribution in [0.5, 0.6) is 0 Å². The normalized spacial score (nSPS) is 11.9. The van der Waals surface area contributed by atoms with E-state index in [1.165, 1.54) is 0 Å². The van der Waals surface area contributed by atoms with Gasteiger partial charge >= 0.3 is 0 Å². The Bertz CT molecular complexity index is 3410. The number of benzene rings is 7. The Balaban J connectivity index is 1.13. The molecule has 262 valence electrons. The van der Waals surface area contributed by atoms with E-state index in [1.807, 2.05) is 66.7 Å². The van der Waals surface area contributed by atoms with Crippen LogP contribution in [0.2, 0.25) is 0 Å². The standard InChI is InChI=1S/C48H30N8/c1-4-16-31(17-5-1)44-49-45(32-18-6-2-7-19-32)51-47(50-44)55-38-24-12-10-22-35(38)37-30-34(28-29-40(37)55)53-39-25-13-11-23-36(39)43-46(53)52-48-54(33-20-8-3-9-21-33)41-26-14-15-27-42(41)56(43)48/h1-30H. The van der Waals surface area contributed by atoms with E-state index in [4.69, 9.17) is 19.9 Å². The van der Waals surface area contributed by atoms with Gasteiger partial charge in [-0.25, -0.2) is 4.98 Å². The number of rotatable bonds is 5. The molecular weight excluding hydrogens is 689 g/mol. The molecule has 0 atom stereocenters. The summed E-state index contributed by atoms with van der Waals surface area (Å²) in [5.74, 6) is 2.68. The van der Waals surface area contributed by atoms with E-state index in [9.17, 15) is 0 Å². The number of imidazole rings is 2. The van der Waals surface area contributed by atoms with Gasteiger partial charge < -0.3 is 0 Å². The lowest BCUT2D eigenvalue weighted by Crippen LogP contribution is -2.06. The first-order valence-electron chi connectivity index (χ1n) is 18.7. The number of hydrogen-bond acceptors (Lipinski definition) is 4. The van der Waals surface area contributed by atoms with E-state index in [0.717, 1.165) is 83.2 Å². The Morgan fingerprint density at radius 3 is 1.55 bits per heavy atom. The predicted molar refractivity (Wildman–Crippen MR) is 225 cm³/mol. The van der Waals surface area contributed by atoms with Crippen molar-refractivity contribution in [1.29, 1.82) is 0 Å². The highest BCUT2D eigenvalue weighted by molar-refractivity contribution is 6.12. The fraction of sp³-hybridized carbons (Fsp3) is 0. The second kappa shape index (κ2) is 11.8. The van der Waals surface area contributed by atoms with Crippen LogP contribution in [0.1, 0.15) is 0 Å². The highest BCUT2D eigenvalue weighted by atomic mass is 15.2. The summed E-state index contributed by atoms with van der Waals surface area (Å²) in [6, 6.07) is 63.0. The Morgan fingerprint density at radius 2 is 0.875 bits per heavy atom. The Hall–Kier alpha value is -7.84. The van der Waals surface area contributed by atoms with Crippen molar-refractivity contribution < 1.29 is 0 Å². The summed E-state index contributed by atoms with van der Waals surface area (Å²) in [5, 5.41) is 3.34. The van der Waals surface area contributed by atoms with Crippen LogP contribution in [-0.2, 0) is 0 Å². The van der Waals surface area contributed by atoms with E-state index in [2.05, 4.69) is 133 Å². The van der Waals surface area contributed by atoms with E-state index < -0.39 is 0 Å². The highest BCUT2D eigenvalue weighted by Crippen LogP contribution is 2.39. The second-order valence-corrected chi connectivity index (χ2v) is 14.0. The quantitative estimate of drug-likeness (QED) is 0.178. The number of nitrogens with zero attached hydrogens (tertiary/aromatic N) is 8. The number of aromatic nitrogens is 8. The predicted octanol–water partition coefficient (Wildman–Crippen LogP) is 11.0. The largest absolute Gasteiger partial charge is 0.292 e. The smallest absolute Gasteiger partial charge is 0.238 e. The molecule has 0 amide bonds.